The monoisotopic (exact) mass is 242 g/mol. The van der Waals surface area contributed by atoms with E-state index in [1.165, 1.54) is 31.4 Å². The molecule has 2 nitrogen and oxygen atoms in total. The Morgan fingerprint density at radius 1 is 1.33 bits per heavy atom. The maximum Gasteiger partial charge on any atom is 0.0994 e. The van der Waals surface area contributed by atoms with Gasteiger partial charge in [0.2, 0.25) is 0 Å². The van der Waals surface area contributed by atoms with Crippen LogP contribution in [-0.2, 0) is 0 Å². The molecule has 1 unspecified atom stereocenters. The van der Waals surface area contributed by atoms with Crippen molar-refractivity contribution in [1.82, 2.24) is 0 Å². The first kappa shape index (κ1) is 13.0. The van der Waals surface area contributed by atoms with Crippen LogP contribution in [0.2, 0.25) is 0 Å². The van der Waals surface area contributed by atoms with Gasteiger partial charge in [-0.15, -0.1) is 0 Å². The molecule has 0 bridgehead atoms. The van der Waals surface area contributed by atoms with Crippen LogP contribution in [0.15, 0.2) is 18.2 Å². The van der Waals surface area contributed by atoms with E-state index >= 15 is 0 Å². The lowest BCUT2D eigenvalue weighted by atomic mass is 9.98. The van der Waals surface area contributed by atoms with Crippen molar-refractivity contribution in [1.29, 1.82) is 5.26 Å². The highest BCUT2D eigenvalue weighted by atomic mass is 15.1. The van der Waals surface area contributed by atoms with Gasteiger partial charge < -0.3 is 4.90 Å². The van der Waals surface area contributed by atoms with Crippen LogP contribution in [0.25, 0.3) is 0 Å². The van der Waals surface area contributed by atoms with Gasteiger partial charge in [0.05, 0.1) is 11.6 Å². The minimum Gasteiger partial charge on any atom is -0.372 e. The molecule has 1 aliphatic rings. The molecule has 0 amide bonds. The lowest BCUT2D eigenvalue weighted by molar-refractivity contribution is 0.459. The van der Waals surface area contributed by atoms with Crippen molar-refractivity contribution >= 4 is 5.69 Å². The van der Waals surface area contributed by atoms with E-state index in [2.05, 4.69) is 30.0 Å². The number of aryl methyl sites for hydroxylation is 1. The molecule has 0 radical (unpaired) electrons. The molecule has 1 aromatic rings. The van der Waals surface area contributed by atoms with Crippen LogP contribution in [0.4, 0.5) is 5.69 Å². The van der Waals surface area contributed by atoms with E-state index < -0.39 is 0 Å². The summed E-state index contributed by atoms with van der Waals surface area (Å²) in [7, 11) is 0. The molecular weight excluding hydrogens is 220 g/mol. The summed E-state index contributed by atoms with van der Waals surface area (Å²) in [6, 6.07) is 8.44. The van der Waals surface area contributed by atoms with E-state index in [0.29, 0.717) is 0 Å². The molecule has 2 rings (SSSR count). The number of hydrogen-bond acceptors (Lipinski definition) is 2. The molecule has 1 fully saturated rings. The predicted octanol–water partition coefficient (Wildman–Crippen LogP) is 3.88. The molecule has 1 aliphatic heterocycles. The van der Waals surface area contributed by atoms with Crippen LogP contribution >= 0.6 is 0 Å². The van der Waals surface area contributed by atoms with Gasteiger partial charge in [0.15, 0.2) is 0 Å². The Morgan fingerprint density at radius 3 is 2.83 bits per heavy atom. The Hall–Kier alpha value is -1.49. The summed E-state index contributed by atoms with van der Waals surface area (Å²) in [6.07, 6.45) is 5.26. The fraction of sp³-hybridized carbons (Fsp3) is 0.562. The van der Waals surface area contributed by atoms with Crippen LogP contribution in [-0.4, -0.2) is 13.1 Å². The van der Waals surface area contributed by atoms with Crippen LogP contribution < -0.4 is 4.90 Å². The largest absolute Gasteiger partial charge is 0.372 e. The molecule has 1 atom stereocenters. The lowest BCUT2D eigenvalue weighted by Crippen LogP contribution is -2.24. The Labute approximate surface area is 110 Å². The van der Waals surface area contributed by atoms with Crippen LogP contribution in [0, 0.1) is 24.2 Å². The summed E-state index contributed by atoms with van der Waals surface area (Å²) in [5.41, 5.74) is 3.16. The van der Waals surface area contributed by atoms with Crippen molar-refractivity contribution in [3.8, 4) is 6.07 Å². The van der Waals surface area contributed by atoms with E-state index in [4.69, 9.17) is 5.26 Å². The van der Waals surface area contributed by atoms with Gasteiger partial charge in [-0.3, -0.25) is 0 Å². The average molecular weight is 242 g/mol. The summed E-state index contributed by atoms with van der Waals surface area (Å²) in [5, 5.41) is 8.97. The van der Waals surface area contributed by atoms with Crippen molar-refractivity contribution in [3.05, 3.63) is 29.3 Å². The molecule has 18 heavy (non-hydrogen) atoms. The quantitative estimate of drug-likeness (QED) is 0.787. The van der Waals surface area contributed by atoms with E-state index in [0.717, 1.165) is 30.1 Å². The summed E-state index contributed by atoms with van der Waals surface area (Å²) < 4.78 is 0. The van der Waals surface area contributed by atoms with Crippen molar-refractivity contribution in [3.63, 3.8) is 0 Å². The smallest absolute Gasteiger partial charge is 0.0994 e. The van der Waals surface area contributed by atoms with E-state index in [-0.39, 0.29) is 0 Å². The van der Waals surface area contributed by atoms with E-state index in [1.54, 1.807) is 0 Å². The summed E-state index contributed by atoms with van der Waals surface area (Å²) in [5.74, 6) is 0.898. The molecule has 1 heterocycles. The third-order valence-corrected chi connectivity index (χ3v) is 4.12. The second-order valence-corrected chi connectivity index (χ2v) is 5.30. The first-order chi connectivity index (χ1) is 8.74. The topological polar surface area (TPSA) is 27.0 Å². The standard InChI is InChI=1S/C16H22N2/c1-3-14-5-4-9-18(10-8-14)16-7-6-15(12-17)13(2)11-16/h6-7,11,14H,3-5,8-10H2,1-2H3. The highest BCUT2D eigenvalue weighted by molar-refractivity contribution is 5.53. The Morgan fingerprint density at radius 2 is 2.17 bits per heavy atom. The van der Waals surface area contributed by atoms with Crippen molar-refractivity contribution in [2.24, 2.45) is 5.92 Å². The first-order valence-corrected chi connectivity index (χ1v) is 7.00. The van der Waals surface area contributed by atoms with Crippen LogP contribution in [0.3, 0.4) is 0 Å². The van der Waals surface area contributed by atoms with Gasteiger partial charge in [-0.2, -0.15) is 5.26 Å². The number of hydrogen-bond donors (Lipinski definition) is 0. The highest BCUT2D eigenvalue weighted by Crippen LogP contribution is 2.25. The van der Waals surface area contributed by atoms with Gasteiger partial charge in [0.1, 0.15) is 0 Å². The predicted molar refractivity (Wildman–Crippen MR) is 75.7 cm³/mol. The number of nitriles is 1. The van der Waals surface area contributed by atoms with Gasteiger partial charge in [-0.1, -0.05) is 13.3 Å². The zero-order valence-corrected chi connectivity index (χ0v) is 11.4. The molecule has 0 spiro atoms. The normalized spacial score (nSPS) is 20.3. The van der Waals surface area contributed by atoms with Gasteiger partial charge in [-0.25, -0.2) is 0 Å². The molecule has 0 aliphatic carbocycles. The molecule has 96 valence electrons. The van der Waals surface area contributed by atoms with E-state index in [1.807, 2.05) is 13.0 Å². The molecular formula is C16H22N2. The fourth-order valence-electron chi connectivity index (χ4n) is 2.80. The second kappa shape index (κ2) is 5.91. The Bertz CT molecular complexity index is 445. The Kier molecular flexibility index (Phi) is 4.25. The average Bonchev–Trinajstić information content (AvgIpc) is 2.63. The zero-order chi connectivity index (χ0) is 13.0. The maximum absolute atomic E-state index is 8.97. The van der Waals surface area contributed by atoms with Gasteiger partial charge in [-0.05, 0) is 55.9 Å². The number of nitrogens with zero attached hydrogens (tertiary/aromatic N) is 2. The number of anilines is 1. The van der Waals surface area contributed by atoms with Crippen molar-refractivity contribution in [2.75, 3.05) is 18.0 Å². The molecule has 1 aromatic carbocycles. The molecule has 2 heteroatoms. The summed E-state index contributed by atoms with van der Waals surface area (Å²) in [4.78, 5) is 2.48. The third kappa shape index (κ3) is 2.85. The number of rotatable bonds is 2. The molecule has 0 aromatic heterocycles. The fourth-order valence-corrected chi connectivity index (χ4v) is 2.80. The molecule has 0 saturated carbocycles. The van der Waals surface area contributed by atoms with Gasteiger partial charge >= 0.3 is 0 Å². The van der Waals surface area contributed by atoms with Gasteiger partial charge in [0, 0.05) is 18.8 Å². The third-order valence-electron chi connectivity index (χ3n) is 4.12. The van der Waals surface area contributed by atoms with Gasteiger partial charge in [0.25, 0.3) is 0 Å². The van der Waals surface area contributed by atoms with Crippen LogP contribution in [0.5, 0.6) is 0 Å². The highest BCUT2D eigenvalue weighted by Gasteiger charge is 2.16. The first-order valence-electron chi connectivity index (χ1n) is 7.00. The van der Waals surface area contributed by atoms with E-state index in [9.17, 15) is 0 Å². The van der Waals surface area contributed by atoms with Crippen LogP contribution in [0.1, 0.15) is 43.7 Å². The maximum atomic E-state index is 8.97. The zero-order valence-electron chi connectivity index (χ0n) is 11.4. The summed E-state index contributed by atoms with van der Waals surface area (Å²) >= 11 is 0. The minimum atomic E-state index is 0.792. The second-order valence-electron chi connectivity index (χ2n) is 5.30. The number of benzene rings is 1. The Balaban J connectivity index is 2.12. The summed E-state index contributed by atoms with van der Waals surface area (Å²) in [6.45, 7) is 6.63. The van der Waals surface area contributed by atoms with Crippen molar-refractivity contribution in [2.45, 2.75) is 39.5 Å². The minimum absolute atomic E-state index is 0.792. The van der Waals surface area contributed by atoms with Crippen molar-refractivity contribution < 1.29 is 0 Å². The molecule has 0 N–H and O–H groups in total. The SMILES string of the molecule is CCC1CCCN(c2ccc(C#N)c(C)c2)CC1. The molecule has 1 saturated heterocycles. The lowest BCUT2D eigenvalue weighted by Gasteiger charge is -2.23.